The van der Waals surface area contributed by atoms with Gasteiger partial charge in [0.2, 0.25) is 5.95 Å². The van der Waals surface area contributed by atoms with Crippen LogP contribution in [0.1, 0.15) is 20.8 Å². The van der Waals surface area contributed by atoms with Crippen molar-refractivity contribution >= 4 is 17.7 Å². The highest BCUT2D eigenvalue weighted by atomic mass is 16.6. The van der Waals surface area contributed by atoms with Crippen LogP contribution in [0.5, 0.6) is 0 Å². The van der Waals surface area contributed by atoms with Crippen LogP contribution >= 0.6 is 0 Å². The zero-order valence-corrected chi connectivity index (χ0v) is 8.94. The summed E-state index contributed by atoms with van der Waals surface area (Å²) >= 11 is 0. The lowest BCUT2D eigenvalue weighted by Gasteiger charge is -2.19. The Hall–Kier alpha value is -1.85. The van der Waals surface area contributed by atoms with Gasteiger partial charge in [0.25, 0.3) is 0 Å². The summed E-state index contributed by atoms with van der Waals surface area (Å²) in [4.78, 5) is 18.9. The van der Waals surface area contributed by atoms with E-state index in [1.165, 1.54) is 12.4 Å². The van der Waals surface area contributed by atoms with Crippen molar-refractivity contribution in [3.8, 4) is 0 Å². The molecule has 0 spiro atoms. The monoisotopic (exact) mass is 210 g/mol. The molecule has 0 bridgehead atoms. The summed E-state index contributed by atoms with van der Waals surface area (Å²) in [6.45, 7) is 5.32. The summed E-state index contributed by atoms with van der Waals surface area (Å²) in [6, 6.07) is 0. The molecule has 0 fully saturated rings. The van der Waals surface area contributed by atoms with Crippen molar-refractivity contribution < 1.29 is 9.53 Å². The number of hydrogen-bond acceptors (Lipinski definition) is 5. The molecule has 0 aromatic carbocycles. The van der Waals surface area contributed by atoms with Gasteiger partial charge in [0.05, 0.1) is 18.1 Å². The van der Waals surface area contributed by atoms with Gasteiger partial charge in [-0.3, -0.25) is 5.32 Å². The largest absolute Gasteiger partial charge is 0.444 e. The molecule has 0 radical (unpaired) electrons. The second-order valence-electron chi connectivity index (χ2n) is 3.97. The molecular formula is C9H14N4O2. The molecular weight excluding hydrogens is 196 g/mol. The third kappa shape index (κ3) is 4.26. The predicted molar refractivity (Wildman–Crippen MR) is 56.3 cm³/mol. The van der Waals surface area contributed by atoms with Gasteiger partial charge in [0.15, 0.2) is 0 Å². The molecule has 0 aliphatic carbocycles. The summed E-state index contributed by atoms with van der Waals surface area (Å²) < 4.78 is 5.01. The molecule has 3 N–H and O–H groups in total. The minimum Gasteiger partial charge on any atom is -0.444 e. The SMILES string of the molecule is CC(C)(C)OC(=O)Nc1ncc(N)cn1. The number of nitrogens with one attached hydrogen (secondary N) is 1. The second-order valence-corrected chi connectivity index (χ2v) is 3.97. The van der Waals surface area contributed by atoms with Gasteiger partial charge < -0.3 is 10.5 Å². The van der Waals surface area contributed by atoms with Crippen LogP contribution in [0.2, 0.25) is 0 Å². The average Bonchev–Trinajstić information content (AvgIpc) is 2.05. The lowest BCUT2D eigenvalue weighted by atomic mass is 10.2. The Morgan fingerprint density at radius 2 is 1.93 bits per heavy atom. The fraction of sp³-hybridized carbons (Fsp3) is 0.444. The van der Waals surface area contributed by atoms with E-state index < -0.39 is 11.7 Å². The van der Waals surface area contributed by atoms with Crippen molar-refractivity contribution in [3.63, 3.8) is 0 Å². The highest BCUT2D eigenvalue weighted by Gasteiger charge is 2.16. The fourth-order valence-corrected chi connectivity index (χ4v) is 0.797. The molecule has 0 saturated carbocycles. The van der Waals surface area contributed by atoms with Crippen molar-refractivity contribution in [2.45, 2.75) is 26.4 Å². The molecule has 0 atom stereocenters. The number of carbonyl (C=O) groups is 1. The van der Waals surface area contributed by atoms with Crippen molar-refractivity contribution in [2.24, 2.45) is 0 Å². The molecule has 1 rings (SSSR count). The first-order chi connectivity index (χ1) is 6.87. The van der Waals surface area contributed by atoms with E-state index in [-0.39, 0.29) is 5.95 Å². The first-order valence-electron chi connectivity index (χ1n) is 4.44. The van der Waals surface area contributed by atoms with Gasteiger partial charge in [-0.1, -0.05) is 0 Å². The molecule has 0 unspecified atom stereocenters. The molecule has 6 nitrogen and oxygen atoms in total. The molecule has 82 valence electrons. The highest BCUT2D eigenvalue weighted by Crippen LogP contribution is 2.08. The van der Waals surface area contributed by atoms with Crippen LogP contribution in [0.15, 0.2) is 12.4 Å². The van der Waals surface area contributed by atoms with E-state index in [0.29, 0.717) is 5.69 Å². The van der Waals surface area contributed by atoms with Crippen LogP contribution in [-0.4, -0.2) is 21.7 Å². The summed E-state index contributed by atoms with van der Waals surface area (Å²) in [5.74, 6) is 0.165. The summed E-state index contributed by atoms with van der Waals surface area (Å²) in [5.41, 5.74) is 5.28. The predicted octanol–water partition coefficient (Wildman–Crippen LogP) is 1.41. The van der Waals surface area contributed by atoms with E-state index in [1.54, 1.807) is 20.8 Å². The summed E-state index contributed by atoms with van der Waals surface area (Å²) in [7, 11) is 0. The normalized spacial score (nSPS) is 10.9. The molecule has 1 aromatic rings. The Morgan fingerprint density at radius 1 is 1.40 bits per heavy atom. The fourth-order valence-electron chi connectivity index (χ4n) is 0.797. The second kappa shape index (κ2) is 4.12. The smallest absolute Gasteiger partial charge is 0.414 e. The summed E-state index contributed by atoms with van der Waals surface area (Å²) in [6.07, 6.45) is 2.21. The van der Waals surface area contributed by atoms with Crippen LogP contribution in [0.4, 0.5) is 16.4 Å². The number of amides is 1. The molecule has 0 saturated heterocycles. The van der Waals surface area contributed by atoms with Crippen LogP contribution < -0.4 is 11.1 Å². The number of ether oxygens (including phenoxy) is 1. The van der Waals surface area contributed by atoms with E-state index in [1.807, 2.05) is 0 Å². The zero-order valence-electron chi connectivity index (χ0n) is 8.94. The molecule has 1 amide bonds. The first kappa shape index (κ1) is 11.2. The van der Waals surface area contributed by atoms with Crippen molar-refractivity contribution in [3.05, 3.63) is 12.4 Å². The Bertz CT molecular complexity index is 342. The number of anilines is 2. The van der Waals surface area contributed by atoms with Crippen molar-refractivity contribution in [1.82, 2.24) is 9.97 Å². The van der Waals surface area contributed by atoms with Gasteiger partial charge in [-0.25, -0.2) is 14.8 Å². The lowest BCUT2D eigenvalue weighted by molar-refractivity contribution is 0.0634. The van der Waals surface area contributed by atoms with Gasteiger partial charge in [-0.2, -0.15) is 0 Å². The highest BCUT2D eigenvalue weighted by molar-refractivity contribution is 5.82. The standard InChI is InChI=1S/C9H14N4O2/c1-9(2,3)15-8(14)13-7-11-4-6(10)5-12-7/h4-5H,10H2,1-3H3,(H,11,12,13,14). The van der Waals surface area contributed by atoms with Gasteiger partial charge >= 0.3 is 6.09 Å². The number of hydrogen-bond donors (Lipinski definition) is 2. The number of nitrogens with two attached hydrogens (primary N) is 1. The van der Waals surface area contributed by atoms with Gasteiger partial charge in [0.1, 0.15) is 5.60 Å². The topological polar surface area (TPSA) is 90.1 Å². The molecule has 15 heavy (non-hydrogen) atoms. The third-order valence-corrected chi connectivity index (χ3v) is 1.28. The number of carbonyl (C=O) groups excluding carboxylic acids is 1. The maximum Gasteiger partial charge on any atom is 0.414 e. The quantitative estimate of drug-likeness (QED) is 0.731. The van der Waals surface area contributed by atoms with Crippen LogP contribution in [0.25, 0.3) is 0 Å². The first-order valence-corrected chi connectivity index (χ1v) is 4.44. The lowest BCUT2D eigenvalue weighted by Crippen LogP contribution is -2.27. The maximum atomic E-state index is 11.3. The average molecular weight is 210 g/mol. The van der Waals surface area contributed by atoms with Crippen molar-refractivity contribution in [2.75, 3.05) is 11.1 Å². The number of nitrogen functional groups attached to an aromatic ring is 1. The third-order valence-electron chi connectivity index (χ3n) is 1.28. The number of aromatic nitrogens is 2. The van der Waals surface area contributed by atoms with Gasteiger partial charge in [-0.05, 0) is 20.8 Å². The minimum absolute atomic E-state index is 0.165. The van der Waals surface area contributed by atoms with Gasteiger partial charge in [-0.15, -0.1) is 0 Å². The molecule has 0 aliphatic heterocycles. The Labute approximate surface area is 87.9 Å². The molecule has 0 aliphatic rings. The van der Waals surface area contributed by atoms with E-state index >= 15 is 0 Å². The minimum atomic E-state index is -0.590. The summed E-state index contributed by atoms with van der Waals surface area (Å²) in [5, 5.41) is 2.39. The number of nitrogens with zero attached hydrogens (tertiary/aromatic N) is 2. The van der Waals surface area contributed by atoms with Crippen LogP contribution in [0, 0.1) is 0 Å². The molecule has 1 aromatic heterocycles. The Balaban J connectivity index is 2.55. The maximum absolute atomic E-state index is 11.3. The zero-order chi connectivity index (χ0) is 11.5. The number of rotatable bonds is 1. The molecule has 1 heterocycles. The van der Waals surface area contributed by atoms with E-state index in [0.717, 1.165) is 0 Å². The van der Waals surface area contributed by atoms with Gasteiger partial charge in [0, 0.05) is 0 Å². The van der Waals surface area contributed by atoms with E-state index in [2.05, 4.69) is 15.3 Å². The molecule has 6 heteroatoms. The van der Waals surface area contributed by atoms with Crippen molar-refractivity contribution in [1.29, 1.82) is 0 Å². The van der Waals surface area contributed by atoms with E-state index in [4.69, 9.17) is 10.5 Å². The van der Waals surface area contributed by atoms with E-state index in [9.17, 15) is 4.79 Å². The van der Waals surface area contributed by atoms with Crippen LogP contribution in [-0.2, 0) is 4.74 Å². The van der Waals surface area contributed by atoms with Crippen LogP contribution in [0.3, 0.4) is 0 Å². The Kier molecular flexibility index (Phi) is 3.08. The Morgan fingerprint density at radius 3 is 2.40 bits per heavy atom.